The molecule has 0 radical (unpaired) electrons. The molecule has 0 aliphatic carbocycles. The van der Waals surface area contributed by atoms with Gasteiger partial charge in [0.15, 0.2) is 5.96 Å². The van der Waals surface area contributed by atoms with E-state index in [9.17, 15) is 34.5 Å². The van der Waals surface area contributed by atoms with E-state index in [4.69, 9.17) is 17.2 Å². The normalized spacial score (nSPS) is 14.7. The predicted molar refractivity (Wildman–Crippen MR) is 148 cm³/mol. The lowest BCUT2D eigenvalue weighted by Crippen LogP contribution is -2.60. The van der Waals surface area contributed by atoms with Gasteiger partial charge >= 0.3 is 5.97 Å². The number of rotatable bonds is 17. The van der Waals surface area contributed by atoms with E-state index in [1.165, 1.54) is 43.0 Å². The molecule has 0 saturated heterocycles. The molecule has 0 bridgehead atoms. The molecule has 5 atom stereocenters. The van der Waals surface area contributed by atoms with Crippen LogP contribution < -0.4 is 33.2 Å². The first kappa shape index (κ1) is 33.5. The number of nitrogens with one attached hydrogen (secondary N) is 3. The Morgan fingerprint density at radius 1 is 0.974 bits per heavy atom. The van der Waals surface area contributed by atoms with Crippen LogP contribution in [0.5, 0.6) is 5.75 Å². The highest BCUT2D eigenvalue weighted by Crippen LogP contribution is 2.12. The molecule has 0 heterocycles. The Morgan fingerprint density at radius 3 is 2.13 bits per heavy atom. The smallest absolute Gasteiger partial charge is 0.326 e. The number of nitrogens with two attached hydrogens (primary N) is 3. The van der Waals surface area contributed by atoms with Gasteiger partial charge in [0.2, 0.25) is 17.7 Å². The summed E-state index contributed by atoms with van der Waals surface area (Å²) in [5.41, 5.74) is 17.1. The van der Waals surface area contributed by atoms with E-state index in [-0.39, 0.29) is 31.1 Å². The lowest BCUT2D eigenvalue weighted by molar-refractivity contribution is -0.143. The van der Waals surface area contributed by atoms with Gasteiger partial charge in [-0.2, -0.15) is 11.8 Å². The summed E-state index contributed by atoms with van der Waals surface area (Å²) in [5, 5.41) is 36.5. The summed E-state index contributed by atoms with van der Waals surface area (Å²) < 4.78 is 0. The average Bonchev–Trinajstić information content (AvgIpc) is 2.87. The van der Waals surface area contributed by atoms with Crippen molar-refractivity contribution in [3.8, 4) is 5.75 Å². The quantitative estimate of drug-likeness (QED) is 0.0562. The molecular formula is C24H39N7O7S. The summed E-state index contributed by atoms with van der Waals surface area (Å²) in [6.45, 7) is 1.43. The van der Waals surface area contributed by atoms with Crippen molar-refractivity contribution in [1.29, 1.82) is 0 Å². The van der Waals surface area contributed by atoms with Crippen molar-refractivity contribution in [2.24, 2.45) is 22.2 Å². The molecule has 0 spiro atoms. The van der Waals surface area contributed by atoms with E-state index < -0.39 is 54.0 Å². The number of carbonyl (C=O) groups excluding carboxylic acids is 3. The maximum Gasteiger partial charge on any atom is 0.326 e. The Kier molecular flexibility index (Phi) is 14.7. The van der Waals surface area contributed by atoms with E-state index in [1.54, 1.807) is 0 Å². The molecule has 0 aliphatic heterocycles. The van der Waals surface area contributed by atoms with Crippen LogP contribution in [0.4, 0.5) is 0 Å². The Labute approximate surface area is 231 Å². The standard InChI is InChI=1S/C24H39N7O7S/c1-13(32)19(22(36)30-18(23(37)38)12-14-5-7-15(33)8-6-14)31-21(35)17(4-3-10-28-24(26)27)29-20(34)16(25)9-11-39-2/h5-8,13,16-19,32-33H,3-4,9-12,25H2,1-2H3,(H,29,34)(H,30,36)(H,31,35)(H,37,38)(H4,26,27,28). The number of thioether (sulfide) groups is 1. The monoisotopic (exact) mass is 569 g/mol. The Balaban J connectivity index is 2.99. The summed E-state index contributed by atoms with van der Waals surface area (Å²) in [7, 11) is 0. The molecule has 0 fully saturated rings. The van der Waals surface area contributed by atoms with Gasteiger partial charge in [0, 0.05) is 13.0 Å². The van der Waals surface area contributed by atoms with Gasteiger partial charge in [0.1, 0.15) is 23.9 Å². The number of hydrogen-bond acceptors (Lipinski definition) is 9. The molecule has 15 heteroatoms. The van der Waals surface area contributed by atoms with Crippen LogP contribution in [0.1, 0.15) is 31.7 Å². The average molecular weight is 570 g/mol. The third-order valence-electron chi connectivity index (χ3n) is 5.60. The molecule has 0 aliphatic rings. The first-order valence-electron chi connectivity index (χ1n) is 12.3. The number of benzene rings is 1. The number of phenols is 1. The van der Waals surface area contributed by atoms with Gasteiger partial charge in [-0.05, 0) is 55.9 Å². The number of aromatic hydroxyl groups is 1. The lowest BCUT2D eigenvalue weighted by Gasteiger charge is -2.26. The van der Waals surface area contributed by atoms with E-state index in [0.29, 0.717) is 24.2 Å². The van der Waals surface area contributed by atoms with Gasteiger partial charge < -0.3 is 48.5 Å². The summed E-state index contributed by atoms with van der Waals surface area (Å²) in [6.07, 6.45) is 1.13. The number of phenolic OH excluding ortho intramolecular Hbond substituents is 1. The molecule has 3 amide bonds. The molecule has 39 heavy (non-hydrogen) atoms. The number of aliphatic hydroxyl groups is 1. The highest BCUT2D eigenvalue weighted by molar-refractivity contribution is 7.98. The van der Waals surface area contributed by atoms with Crippen LogP contribution in [-0.2, 0) is 25.6 Å². The molecular weight excluding hydrogens is 530 g/mol. The van der Waals surface area contributed by atoms with Crippen LogP contribution in [0.25, 0.3) is 0 Å². The van der Waals surface area contributed by atoms with E-state index in [0.717, 1.165) is 0 Å². The number of nitrogens with zero attached hydrogens (tertiary/aromatic N) is 1. The molecule has 1 rings (SSSR count). The second-order valence-corrected chi connectivity index (χ2v) is 9.88. The summed E-state index contributed by atoms with van der Waals surface area (Å²) in [6, 6.07) is 0.861. The number of aliphatic imine (C=N–C) groups is 1. The van der Waals surface area contributed by atoms with Crippen LogP contribution in [-0.4, -0.2) is 93.8 Å². The van der Waals surface area contributed by atoms with Gasteiger partial charge in [-0.15, -0.1) is 0 Å². The zero-order valence-corrected chi connectivity index (χ0v) is 22.8. The van der Waals surface area contributed by atoms with Crippen molar-refractivity contribution in [2.75, 3.05) is 18.6 Å². The van der Waals surface area contributed by atoms with Crippen LogP contribution >= 0.6 is 11.8 Å². The summed E-state index contributed by atoms with van der Waals surface area (Å²) in [5.74, 6) is -3.12. The Hall–Kier alpha value is -3.56. The molecule has 218 valence electrons. The van der Waals surface area contributed by atoms with Crippen LogP contribution in [0.3, 0.4) is 0 Å². The molecule has 12 N–H and O–H groups in total. The van der Waals surface area contributed by atoms with Crippen molar-refractivity contribution in [3.63, 3.8) is 0 Å². The number of amides is 3. The Bertz CT molecular complexity index is 988. The third-order valence-corrected chi connectivity index (χ3v) is 6.25. The minimum atomic E-state index is -1.53. The molecule has 1 aromatic carbocycles. The van der Waals surface area contributed by atoms with Crippen molar-refractivity contribution in [3.05, 3.63) is 29.8 Å². The largest absolute Gasteiger partial charge is 0.508 e. The maximum absolute atomic E-state index is 13.1. The first-order valence-corrected chi connectivity index (χ1v) is 13.6. The number of carbonyl (C=O) groups is 4. The lowest BCUT2D eigenvalue weighted by atomic mass is 10.0. The maximum atomic E-state index is 13.1. The topological polar surface area (TPSA) is 255 Å². The second kappa shape index (κ2) is 17.1. The van der Waals surface area contributed by atoms with Crippen LogP contribution in [0.2, 0.25) is 0 Å². The highest BCUT2D eigenvalue weighted by Gasteiger charge is 2.32. The fraction of sp³-hybridized carbons (Fsp3) is 0.542. The summed E-state index contributed by atoms with van der Waals surface area (Å²) in [4.78, 5) is 54.3. The van der Waals surface area contributed by atoms with Gasteiger partial charge in [0.25, 0.3) is 0 Å². The second-order valence-electron chi connectivity index (χ2n) is 8.89. The zero-order valence-electron chi connectivity index (χ0n) is 22.0. The number of hydrogen-bond donors (Lipinski definition) is 9. The summed E-state index contributed by atoms with van der Waals surface area (Å²) >= 11 is 1.51. The number of aliphatic hydroxyl groups excluding tert-OH is 1. The third kappa shape index (κ3) is 12.7. The van der Waals surface area contributed by atoms with Crippen molar-refractivity contribution in [1.82, 2.24) is 16.0 Å². The number of guanidine groups is 1. The Morgan fingerprint density at radius 2 is 1.59 bits per heavy atom. The molecule has 14 nitrogen and oxygen atoms in total. The van der Waals surface area contributed by atoms with Gasteiger partial charge in [-0.25, -0.2) is 4.79 Å². The molecule has 0 aromatic heterocycles. The van der Waals surface area contributed by atoms with E-state index in [1.807, 2.05) is 6.26 Å². The van der Waals surface area contributed by atoms with Gasteiger partial charge in [-0.3, -0.25) is 19.4 Å². The zero-order chi connectivity index (χ0) is 29.5. The highest BCUT2D eigenvalue weighted by atomic mass is 32.2. The van der Waals surface area contributed by atoms with E-state index >= 15 is 0 Å². The van der Waals surface area contributed by atoms with Gasteiger partial charge in [0.05, 0.1) is 12.1 Å². The molecule has 0 saturated carbocycles. The first-order chi connectivity index (χ1) is 18.3. The van der Waals surface area contributed by atoms with Crippen molar-refractivity contribution >= 4 is 41.4 Å². The van der Waals surface area contributed by atoms with Crippen LogP contribution in [0.15, 0.2) is 29.3 Å². The number of aliphatic carboxylic acids is 1. The molecule has 1 aromatic rings. The van der Waals surface area contributed by atoms with Crippen LogP contribution in [0, 0.1) is 0 Å². The van der Waals surface area contributed by atoms with Gasteiger partial charge in [-0.1, -0.05) is 12.1 Å². The SMILES string of the molecule is CSCCC(N)C(=O)NC(CCCN=C(N)N)C(=O)NC(C(=O)NC(Cc1ccc(O)cc1)C(=O)O)C(C)O. The number of carboxylic acids is 1. The predicted octanol–water partition coefficient (Wildman–Crippen LogP) is -2.01. The number of carboxylic acid groups (broad SMARTS) is 1. The van der Waals surface area contributed by atoms with E-state index in [2.05, 4.69) is 20.9 Å². The van der Waals surface area contributed by atoms with Crippen molar-refractivity contribution < 1.29 is 34.5 Å². The fourth-order valence-corrected chi connectivity index (χ4v) is 3.91. The van der Waals surface area contributed by atoms with Crippen molar-refractivity contribution in [2.45, 2.75) is 62.9 Å². The minimum Gasteiger partial charge on any atom is -0.508 e. The fourth-order valence-electron chi connectivity index (χ4n) is 3.42. The molecule has 5 unspecified atom stereocenters. The minimum absolute atomic E-state index is 0.00306.